The number of hydrogen-bond acceptors (Lipinski definition) is 5. The third kappa shape index (κ3) is 4.00. The highest BCUT2D eigenvalue weighted by molar-refractivity contribution is 7.15. The van der Waals surface area contributed by atoms with Gasteiger partial charge in [-0.2, -0.15) is 5.26 Å². The summed E-state index contributed by atoms with van der Waals surface area (Å²) >= 11 is 1.39. The number of rotatable bonds is 3. The van der Waals surface area contributed by atoms with Gasteiger partial charge in [-0.25, -0.2) is 9.78 Å². The van der Waals surface area contributed by atoms with Crippen molar-refractivity contribution in [3.8, 4) is 6.07 Å². The SMILES string of the molecule is CC(C)NC(=O)Nc1nc2c(s1)CN(C(=O)c1cccc(C#N)c1)CC2. The first-order chi connectivity index (χ1) is 12.5. The smallest absolute Gasteiger partial charge is 0.321 e. The van der Waals surface area contributed by atoms with Gasteiger partial charge >= 0.3 is 6.03 Å². The number of hydrogen-bond donors (Lipinski definition) is 2. The molecule has 1 aromatic heterocycles. The highest BCUT2D eigenvalue weighted by Crippen LogP contribution is 2.29. The summed E-state index contributed by atoms with van der Waals surface area (Å²) in [5, 5.41) is 15.0. The summed E-state index contributed by atoms with van der Waals surface area (Å²) in [6.07, 6.45) is 0.642. The van der Waals surface area contributed by atoms with Crippen LogP contribution in [0, 0.1) is 11.3 Å². The van der Waals surface area contributed by atoms with Gasteiger partial charge in [-0.3, -0.25) is 10.1 Å². The molecule has 0 aliphatic carbocycles. The molecule has 134 valence electrons. The number of thiazole rings is 1. The van der Waals surface area contributed by atoms with Crippen molar-refractivity contribution >= 4 is 28.4 Å². The Morgan fingerprint density at radius 1 is 1.38 bits per heavy atom. The first-order valence-electron chi connectivity index (χ1n) is 8.32. The van der Waals surface area contributed by atoms with Gasteiger partial charge in [0.15, 0.2) is 5.13 Å². The zero-order chi connectivity index (χ0) is 18.7. The molecule has 1 aliphatic heterocycles. The predicted molar refractivity (Wildman–Crippen MR) is 99.0 cm³/mol. The van der Waals surface area contributed by atoms with Crippen molar-refractivity contribution in [3.05, 3.63) is 46.0 Å². The summed E-state index contributed by atoms with van der Waals surface area (Å²) in [4.78, 5) is 31.7. The topological polar surface area (TPSA) is 98.1 Å². The molecule has 0 unspecified atom stereocenters. The van der Waals surface area contributed by atoms with E-state index in [1.54, 1.807) is 29.2 Å². The molecule has 2 N–H and O–H groups in total. The van der Waals surface area contributed by atoms with Crippen LogP contribution in [0.25, 0.3) is 0 Å². The molecule has 0 atom stereocenters. The van der Waals surface area contributed by atoms with E-state index in [4.69, 9.17) is 5.26 Å². The van der Waals surface area contributed by atoms with Crippen molar-refractivity contribution in [2.24, 2.45) is 0 Å². The standard InChI is InChI=1S/C18H19N5O2S/c1-11(2)20-17(25)22-18-21-14-6-7-23(10-15(14)26-18)16(24)13-5-3-4-12(8-13)9-19/h3-5,8,11H,6-7,10H2,1-2H3,(H2,20,21,22,25). The molecule has 26 heavy (non-hydrogen) atoms. The Kier molecular flexibility index (Phi) is 5.19. The van der Waals surface area contributed by atoms with Crippen LogP contribution >= 0.6 is 11.3 Å². The number of carbonyl (C=O) groups is 2. The molecule has 8 heteroatoms. The maximum Gasteiger partial charge on any atom is 0.321 e. The summed E-state index contributed by atoms with van der Waals surface area (Å²) in [5.41, 5.74) is 1.89. The Balaban J connectivity index is 1.70. The highest BCUT2D eigenvalue weighted by Gasteiger charge is 2.25. The number of aromatic nitrogens is 1. The van der Waals surface area contributed by atoms with E-state index in [1.807, 2.05) is 13.8 Å². The average Bonchev–Trinajstić information content (AvgIpc) is 3.01. The fraction of sp³-hybridized carbons (Fsp3) is 0.333. The second-order valence-electron chi connectivity index (χ2n) is 6.31. The van der Waals surface area contributed by atoms with Gasteiger partial charge in [-0.05, 0) is 32.0 Å². The van der Waals surface area contributed by atoms with Crippen LogP contribution in [0.5, 0.6) is 0 Å². The lowest BCUT2D eigenvalue weighted by Gasteiger charge is -2.26. The number of amides is 3. The number of nitriles is 1. The van der Waals surface area contributed by atoms with E-state index in [1.165, 1.54) is 11.3 Å². The molecule has 0 radical (unpaired) electrons. The number of benzene rings is 1. The van der Waals surface area contributed by atoms with Crippen LogP contribution in [-0.2, 0) is 13.0 Å². The summed E-state index contributed by atoms with van der Waals surface area (Å²) in [5.74, 6) is -0.104. The summed E-state index contributed by atoms with van der Waals surface area (Å²) in [7, 11) is 0. The van der Waals surface area contributed by atoms with E-state index in [2.05, 4.69) is 21.7 Å². The van der Waals surface area contributed by atoms with Gasteiger partial charge in [-0.1, -0.05) is 17.4 Å². The molecule has 0 spiro atoms. The van der Waals surface area contributed by atoms with Gasteiger partial charge in [0.25, 0.3) is 5.91 Å². The summed E-state index contributed by atoms with van der Waals surface area (Å²) in [6, 6.07) is 8.52. The average molecular weight is 369 g/mol. The Hall–Kier alpha value is -2.92. The molecule has 1 aliphatic rings. The van der Waals surface area contributed by atoms with Crippen molar-refractivity contribution in [2.45, 2.75) is 32.9 Å². The van der Waals surface area contributed by atoms with Gasteiger partial charge < -0.3 is 10.2 Å². The van der Waals surface area contributed by atoms with Crippen LogP contribution in [0.1, 0.15) is 40.3 Å². The summed E-state index contributed by atoms with van der Waals surface area (Å²) < 4.78 is 0. The largest absolute Gasteiger partial charge is 0.336 e. The van der Waals surface area contributed by atoms with Crippen molar-refractivity contribution in [1.29, 1.82) is 5.26 Å². The molecule has 7 nitrogen and oxygen atoms in total. The Labute approximate surface area is 155 Å². The molecule has 0 saturated heterocycles. The van der Waals surface area contributed by atoms with Crippen LogP contribution in [0.4, 0.5) is 9.93 Å². The number of carbonyl (C=O) groups excluding carboxylic acids is 2. The fourth-order valence-corrected chi connectivity index (χ4v) is 3.74. The molecule has 3 amide bonds. The second kappa shape index (κ2) is 7.54. The minimum Gasteiger partial charge on any atom is -0.336 e. The molecule has 1 aromatic carbocycles. The van der Waals surface area contributed by atoms with E-state index in [9.17, 15) is 9.59 Å². The lowest BCUT2D eigenvalue weighted by molar-refractivity contribution is 0.0736. The first-order valence-corrected chi connectivity index (χ1v) is 9.13. The minimum absolute atomic E-state index is 0.0434. The molecule has 2 aromatic rings. The van der Waals surface area contributed by atoms with Crippen LogP contribution in [0.15, 0.2) is 24.3 Å². The van der Waals surface area contributed by atoms with Crippen molar-refractivity contribution in [1.82, 2.24) is 15.2 Å². The zero-order valence-electron chi connectivity index (χ0n) is 14.6. The third-order valence-corrected chi connectivity index (χ3v) is 4.90. The predicted octanol–water partition coefficient (Wildman–Crippen LogP) is 2.74. The van der Waals surface area contributed by atoms with Gasteiger partial charge in [0.05, 0.1) is 23.9 Å². The molecular formula is C18H19N5O2S. The Morgan fingerprint density at radius 2 is 2.19 bits per heavy atom. The molecule has 0 saturated carbocycles. The van der Waals surface area contributed by atoms with Crippen LogP contribution in [-0.4, -0.2) is 34.4 Å². The number of anilines is 1. The molecule has 2 heterocycles. The first kappa shape index (κ1) is 17.9. The van der Waals surface area contributed by atoms with Gasteiger partial charge in [0, 0.05) is 29.4 Å². The number of urea groups is 1. The monoisotopic (exact) mass is 369 g/mol. The van der Waals surface area contributed by atoms with E-state index < -0.39 is 0 Å². The fourth-order valence-electron chi connectivity index (χ4n) is 2.72. The molecular weight excluding hydrogens is 350 g/mol. The second-order valence-corrected chi connectivity index (χ2v) is 7.39. The van der Waals surface area contributed by atoms with Crippen LogP contribution < -0.4 is 10.6 Å². The summed E-state index contributed by atoms with van der Waals surface area (Å²) in [6.45, 7) is 4.79. The van der Waals surface area contributed by atoms with E-state index >= 15 is 0 Å². The van der Waals surface area contributed by atoms with Crippen molar-refractivity contribution in [3.63, 3.8) is 0 Å². The van der Waals surface area contributed by atoms with Gasteiger partial charge in [-0.15, -0.1) is 0 Å². The lowest BCUT2D eigenvalue weighted by atomic mass is 10.1. The third-order valence-electron chi connectivity index (χ3n) is 3.90. The van der Waals surface area contributed by atoms with Crippen molar-refractivity contribution < 1.29 is 9.59 Å². The molecule has 0 fully saturated rings. The number of fused-ring (bicyclic) bond motifs is 1. The maximum absolute atomic E-state index is 12.7. The van der Waals surface area contributed by atoms with Crippen LogP contribution in [0.3, 0.4) is 0 Å². The lowest BCUT2D eigenvalue weighted by Crippen LogP contribution is -2.35. The van der Waals surface area contributed by atoms with E-state index in [-0.39, 0.29) is 18.0 Å². The van der Waals surface area contributed by atoms with Crippen LogP contribution in [0.2, 0.25) is 0 Å². The number of nitrogens with one attached hydrogen (secondary N) is 2. The highest BCUT2D eigenvalue weighted by atomic mass is 32.1. The van der Waals surface area contributed by atoms with E-state index in [0.29, 0.717) is 35.8 Å². The Morgan fingerprint density at radius 3 is 2.92 bits per heavy atom. The van der Waals surface area contributed by atoms with Crippen molar-refractivity contribution in [2.75, 3.05) is 11.9 Å². The minimum atomic E-state index is -0.285. The van der Waals surface area contributed by atoms with Gasteiger partial charge in [0.2, 0.25) is 0 Å². The quantitative estimate of drug-likeness (QED) is 0.869. The molecule has 0 bridgehead atoms. The Bertz CT molecular complexity index is 884. The molecule has 3 rings (SSSR count). The van der Waals surface area contributed by atoms with Gasteiger partial charge in [0.1, 0.15) is 0 Å². The van der Waals surface area contributed by atoms with E-state index in [0.717, 1.165) is 10.6 Å². The normalized spacial score (nSPS) is 13.1. The number of nitrogens with zero attached hydrogens (tertiary/aromatic N) is 3. The maximum atomic E-state index is 12.7. The zero-order valence-corrected chi connectivity index (χ0v) is 15.4.